The Hall–Kier alpha value is -2.24. The van der Waals surface area contributed by atoms with Crippen molar-refractivity contribution in [3.05, 3.63) is 24.3 Å². The molecule has 0 fully saturated rings. The number of amides is 1. The van der Waals surface area contributed by atoms with Gasteiger partial charge in [0.05, 0.1) is 13.0 Å². The van der Waals surface area contributed by atoms with Crippen molar-refractivity contribution in [3.8, 4) is 5.75 Å². The normalized spacial score (nSPS) is 12.9. The number of hydrogen-bond donors (Lipinski definition) is 2. The van der Waals surface area contributed by atoms with Gasteiger partial charge in [0, 0.05) is 12.7 Å². The van der Waals surface area contributed by atoms with Crippen molar-refractivity contribution in [3.63, 3.8) is 0 Å². The predicted molar refractivity (Wildman–Crippen MR) is 73.6 cm³/mol. The summed E-state index contributed by atoms with van der Waals surface area (Å²) in [4.78, 5) is 13.7. The second-order valence-corrected chi connectivity index (χ2v) is 4.08. The molecule has 1 rings (SSSR count). The van der Waals surface area contributed by atoms with E-state index < -0.39 is 5.92 Å². The van der Waals surface area contributed by atoms with Gasteiger partial charge in [-0.25, -0.2) is 0 Å². The van der Waals surface area contributed by atoms with Crippen molar-refractivity contribution in [1.29, 1.82) is 0 Å². The summed E-state index contributed by atoms with van der Waals surface area (Å²) in [7, 11) is 3.23. The van der Waals surface area contributed by atoms with E-state index in [1.807, 2.05) is 6.92 Å². The summed E-state index contributed by atoms with van der Waals surface area (Å²) < 4.78 is 5.06. The number of carbonyl (C=O) groups is 1. The number of ether oxygens (including phenoxy) is 1. The van der Waals surface area contributed by atoms with Gasteiger partial charge < -0.3 is 20.6 Å². The van der Waals surface area contributed by atoms with Crippen LogP contribution in [-0.2, 0) is 4.79 Å². The molecule has 0 saturated heterocycles. The van der Waals surface area contributed by atoms with Crippen LogP contribution < -0.4 is 15.4 Å². The molecule has 0 spiro atoms. The van der Waals surface area contributed by atoms with Crippen molar-refractivity contribution in [1.82, 2.24) is 0 Å². The Kier molecular flexibility index (Phi) is 5.17. The molecule has 104 valence electrons. The molecule has 19 heavy (non-hydrogen) atoms. The first kappa shape index (κ1) is 14.8. The van der Waals surface area contributed by atoms with E-state index in [9.17, 15) is 4.79 Å². The van der Waals surface area contributed by atoms with Gasteiger partial charge >= 0.3 is 0 Å². The molecule has 1 unspecified atom stereocenters. The molecule has 6 heteroatoms. The molecule has 1 atom stereocenters. The Labute approximate surface area is 112 Å². The molecule has 6 nitrogen and oxygen atoms in total. The first-order valence-corrected chi connectivity index (χ1v) is 5.94. The minimum absolute atomic E-state index is 0.0761. The molecule has 0 bridgehead atoms. The Morgan fingerprint density at radius 1 is 1.47 bits per heavy atom. The zero-order chi connectivity index (χ0) is 14.4. The van der Waals surface area contributed by atoms with Crippen LogP contribution in [0.5, 0.6) is 5.75 Å². The molecule has 1 amide bonds. The smallest absolute Gasteiger partial charge is 0.237 e. The average molecular weight is 265 g/mol. The lowest BCUT2D eigenvalue weighted by Crippen LogP contribution is -2.39. The third-order valence-corrected chi connectivity index (χ3v) is 2.97. The van der Waals surface area contributed by atoms with E-state index in [1.165, 1.54) is 4.90 Å². The number of hydrogen-bond acceptors (Lipinski definition) is 4. The first-order valence-electron chi connectivity index (χ1n) is 5.94. The summed E-state index contributed by atoms with van der Waals surface area (Å²) in [6, 6.07) is 7.08. The van der Waals surface area contributed by atoms with E-state index in [4.69, 9.17) is 15.7 Å². The lowest BCUT2D eigenvalue weighted by Gasteiger charge is -2.22. The number of anilines is 1. The quantitative estimate of drug-likeness (QED) is 0.365. The molecule has 0 aliphatic carbocycles. The van der Waals surface area contributed by atoms with Crippen LogP contribution in [0.1, 0.15) is 13.3 Å². The van der Waals surface area contributed by atoms with E-state index in [0.717, 1.165) is 5.69 Å². The maximum Gasteiger partial charge on any atom is 0.237 e. The third kappa shape index (κ3) is 3.37. The van der Waals surface area contributed by atoms with Crippen LogP contribution >= 0.6 is 0 Å². The van der Waals surface area contributed by atoms with E-state index in [0.29, 0.717) is 12.2 Å². The van der Waals surface area contributed by atoms with E-state index in [-0.39, 0.29) is 11.7 Å². The van der Waals surface area contributed by atoms with Crippen molar-refractivity contribution < 1.29 is 14.7 Å². The first-order chi connectivity index (χ1) is 9.04. The lowest BCUT2D eigenvalue weighted by atomic mass is 10.0. The second-order valence-electron chi connectivity index (χ2n) is 4.08. The van der Waals surface area contributed by atoms with Crippen LogP contribution in [-0.4, -0.2) is 31.1 Å². The van der Waals surface area contributed by atoms with Gasteiger partial charge in [-0.15, -0.1) is 0 Å². The molecule has 1 aromatic rings. The van der Waals surface area contributed by atoms with E-state index >= 15 is 0 Å². The topological polar surface area (TPSA) is 88.2 Å². The number of nitrogens with zero attached hydrogens (tertiary/aromatic N) is 2. The van der Waals surface area contributed by atoms with E-state index in [2.05, 4.69) is 5.16 Å². The van der Waals surface area contributed by atoms with Crippen LogP contribution in [0.4, 0.5) is 5.69 Å². The molecule has 0 saturated carbocycles. The van der Waals surface area contributed by atoms with Crippen LogP contribution in [0, 0.1) is 5.92 Å². The highest BCUT2D eigenvalue weighted by Crippen LogP contribution is 2.20. The van der Waals surface area contributed by atoms with Gasteiger partial charge in [-0.2, -0.15) is 0 Å². The SMILES string of the molecule is CCC(C(=O)N(C)c1ccc(OC)cc1)C(N)=NO. The zero-order valence-electron chi connectivity index (χ0n) is 11.3. The molecular weight excluding hydrogens is 246 g/mol. The average Bonchev–Trinajstić information content (AvgIpc) is 2.46. The fraction of sp³-hybridized carbons (Fsp3) is 0.385. The fourth-order valence-electron chi connectivity index (χ4n) is 1.75. The fourth-order valence-corrected chi connectivity index (χ4v) is 1.75. The van der Waals surface area contributed by atoms with E-state index in [1.54, 1.807) is 38.4 Å². The summed E-state index contributed by atoms with van der Waals surface area (Å²) in [6.07, 6.45) is 0.467. The highest BCUT2D eigenvalue weighted by Gasteiger charge is 2.25. The van der Waals surface area contributed by atoms with Gasteiger partial charge in [0.1, 0.15) is 5.75 Å². The molecule has 3 N–H and O–H groups in total. The number of benzene rings is 1. The monoisotopic (exact) mass is 265 g/mol. The molecule has 1 aromatic carbocycles. The maximum absolute atomic E-state index is 12.3. The van der Waals surface area contributed by atoms with Crippen LogP contribution in [0.25, 0.3) is 0 Å². The minimum Gasteiger partial charge on any atom is -0.497 e. The van der Waals surface area contributed by atoms with Crippen molar-refractivity contribution in [2.45, 2.75) is 13.3 Å². The molecule has 0 radical (unpaired) electrons. The van der Waals surface area contributed by atoms with Gasteiger partial charge in [0.2, 0.25) is 5.91 Å². The predicted octanol–water partition coefficient (Wildman–Crippen LogP) is 1.43. The summed E-state index contributed by atoms with van der Waals surface area (Å²) in [5, 5.41) is 11.6. The van der Waals surface area contributed by atoms with Crippen molar-refractivity contribution in [2.24, 2.45) is 16.8 Å². The molecule has 0 aliphatic rings. The summed E-state index contributed by atoms with van der Waals surface area (Å²) in [5.74, 6) is -0.207. The molecular formula is C13H19N3O3. The second kappa shape index (κ2) is 6.63. The van der Waals surface area contributed by atoms with Gasteiger partial charge in [-0.1, -0.05) is 12.1 Å². The van der Waals surface area contributed by atoms with Crippen LogP contribution in [0.15, 0.2) is 29.4 Å². The number of methoxy groups -OCH3 is 1. The van der Waals surface area contributed by atoms with Crippen molar-refractivity contribution >= 4 is 17.4 Å². The largest absolute Gasteiger partial charge is 0.497 e. The van der Waals surface area contributed by atoms with Crippen LogP contribution in [0.2, 0.25) is 0 Å². The van der Waals surface area contributed by atoms with Crippen molar-refractivity contribution in [2.75, 3.05) is 19.1 Å². The molecule has 0 aromatic heterocycles. The van der Waals surface area contributed by atoms with Gasteiger partial charge in [-0.05, 0) is 30.7 Å². The van der Waals surface area contributed by atoms with Crippen LogP contribution in [0.3, 0.4) is 0 Å². The molecule has 0 heterocycles. The lowest BCUT2D eigenvalue weighted by molar-refractivity contribution is -0.120. The third-order valence-electron chi connectivity index (χ3n) is 2.97. The van der Waals surface area contributed by atoms with Gasteiger partial charge in [-0.3, -0.25) is 4.79 Å². The minimum atomic E-state index is -0.628. The maximum atomic E-state index is 12.3. The summed E-state index contributed by atoms with van der Waals surface area (Å²) in [6.45, 7) is 1.81. The molecule has 0 aliphatic heterocycles. The standard InChI is InChI=1S/C13H19N3O3/c1-4-11(12(14)15-18)13(17)16(2)9-5-7-10(19-3)8-6-9/h5-8,11,18H,4H2,1-3H3,(H2,14,15). The zero-order valence-corrected chi connectivity index (χ0v) is 11.3. The number of carbonyl (C=O) groups excluding carboxylic acids is 1. The number of rotatable bonds is 5. The highest BCUT2D eigenvalue weighted by atomic mass is 16.5. The summed E-state index contributed by atoms with van der Waals surface area (Å²) >= 11 is 0. The number of amidine groups is 1. The Morgan fingerprint density at radius 3 is 2.47 bits per heavy atom. The van der Waals surface area contributed by atoms with Gasteiger partial charge in [0.25, 0.3) is 0 Å². The van der Waals surface area contributed by atoms with Gasteiger partial charge in [0.15, 0.2) is 5.84 Å². The number of oxime groups is 1. The Balaban J connectivity index is 2.91. The number of nitrogens with two attached hydrogens (primary N) is 1. The highest BCUT2D eigenvalue weighted by molar-refractivity contribution is 6.08. The summed E-state index contributed by atoms with van der Waals surface area (Å²) in [5.41, 5.74) is 6.24. The Morgan fingerprint density at radius 2 is 2.05 bits per heavy atom. The Bertz CT molecular complexity index is 457.